The largest absolute Gasteiger partial charge is 0.368 e. The fraction of sp³-hybridized carbons (Fsp3) is 0.235. The summed E-state index contributed by atoms with van der Waals surface area (Å²) in [4.78, 5) is 17.0. The summed E-state index contributed by atoms with van der Waals surface area (Å²) in [5.74, 6) is 0.0783. The number of hydrogen-bond acceptors (Lipinski definition) is 2. The van der Waals surface area contributed by atoms with Gasteiger partial charge in [0.05, 0.1) is 11.4 Å². The van der Waals surface area contributed by atoms with E-state index < -0.39 is 0 Å². The molecule has 0 N–H and O–H groups in total. The molecule has 0 unspecified atom stereocenters. The van der Waals surface area contributed by atoms with Crippen LogP contribution in [0.5, 0.6) is 0 Å². The number of carbonyl (C=O) groups is 1. The predicted octanol–water partition coefficient (Wildman–Crippen LogP) is 3.78. The lowest BCUT2D eigenvalue weighted by Crippen LogP contribution is -2.44. The quantitative estimate of drug-likeness (QED) is 0.727. The normalized spacial score (nSPS) is 14.0. The van der Waals surface area contributed by atoms with Crippen molar-refractivity contribution in [2.75, 3.05) is 29.4 Å². The van der Waals surface area contributed by atoms with Gasteiger partial charge in [-0.1, -0.05) is 12.1 Å². The van der Waals surface area contributed by atoms with Crippen LogP contribution in [-0.2, 0) is 0 Å². The molecule has 4 heteroatoms. The molecule has 0 aromatic heterocycles. The van der Waals surface area contributed by atoms with Crippen molar-refractivity contribution in [2.24, 2.45) is 0 Å². The molecule has 2 aromatic carbocycles. The topological polar surface area (TPSA) is 23.6 Å². The van der Waals surface area contributed by atoms with Crippen LogP contribution < -0.4 is 9.80 Å². The van der Waals surface area contributed by atoms with E-state index in [2.05, 4.69) is 40.5 Å². The molecule has 21 heavy (non-hydrogen) atoms. The van der Waals surface area contributed by atoms with Gasteiger partial charge >= 0.3 is 0 Å². The Kier molecular flexibility index (Phi) is 4.14. The summed E-state index contributed by atoms with van der Waals surface area (Å²) >= 11 is 2.25. The van der Waals surface area contributed by atoms with E-state index in [1.54, 1.807) is 0 Å². The number of anilines is 2. The van der Waals surface area contributed by atoms with Crippen LogP contribution >= 0.6 is 22.6 Å². The number of fused-ring (bicyclic) bond motifs is 1. The smallest absolute Gasteiger partial charge is 0.258 e. The summed E-state index contributed by atoms with van der Waals surface area (Å²) in [5, 5.41) is 0. The lowest BCUT2D eigenvalue weighted by atomic mass is 10.1. The first-order chi connectivity index (χ1) is 10.2. The summed E-state index contributed by atoms with van der Waals surface area (Å²) in [6, 6.07) is 15.9. The number of rotatable bonds is 2. The first kappa shape index (κ1) is 14.4. The Labute approximate surface area is 138 Å². The van der Waals surface area contributed by atoms with Gasteiger partial charge in [-0.2, -0.15) is 0 Å². The van der Waals surface area contributed by atoms with Crippen molar-refractivity contribution in [1.29, 1.82) is 0 Å². The fourth-order valence-electron chi connectivity index (χ4n) is 2.71. The number of amides is 1. The molecule has 0 atom stereocenters. The van der Waals surface area contributed by atoms with E-state index in [0.29, 0.717) is 0 Å². The molecular formula is C17H17IN2O. The molecule has 3 nitrogen and oxygen atoms in total. The minimum absolute atomic E-state index is 0.0783. The predicted molar refractivity (Wildman–Crippen MR) is 95.2 cm³/mol. The lowest BCUT2D eigenvalue weighted by molar-refractivity contribution is 0.0986. The highest BCUT2D eigenvalue weighted by Gasteiger charge is 2.26. The van der Waals surface area contributed by atoms with Crippen LogP contribution in [0.15, 0.2) is 48.5 Å². The van der Waals surface area contributed by atoms with E-state index >= 15 is 0 Å². The van der Waals surface area contributed by atoms with Crippen molar-refractivity contribution in [3.8, 4) is 0 Å². The van der Waals surface area contributed by atoms with Crippen molar-refractivity contribution < 1.29 is 4.79 Å². The van der Waals surface area contributed by atoms with E-state index in [1.807, 2.05) is 47.4 Å². The number of carbonyl (C=O) groups excluding carboxylic acids is 1. The van der Waals surface area contributed by atoms with E-state index in [0.717, 1.165) is 40.1 Å². The van der Waals surface area contributed by atoms with Crippen LogP contribution in [0.2, 0.25) is 0 Å². The van der Waals surface area contributed by atoms with Crippen molar-refractivity contribution in [2.45, 2.75) is 6.92 Å². The number of para-hydroxylation sites is 2. The molecule has 1 amide bonds. The van der Waals surface area contributed by atoms with Gasteiger partial charge in [0.15, 0.2) is 0 Å². The van der Waals surface area contributed by atoms with Crippen LogP contribution in [0.4, 0.5) is 11.4 Å². The number of hydrogen-bond donors (Lipinski definition) is 0. The molecule has 108 valence electrons. The zero-order valence-corrected chi connectivity index (χ0v) is 14.1. The van der Waals surface area contributed by atoms with Crippen LogP contribution in [-0.4, -0.2) is 25.5 Å². The second kappa shape index (κ2) is 6.05. The van der Waals surface area contributed by atoms with Crippen molar-refractivity contribution in [3.05, 3.63) is 57.7 Å². The Morgan fingerprint density at radius 1 is 1.05 bits per heavy atom. The van der Waals surface area contributed by atoms with Crippen LogP contribution in [0.3, 0.4) is 0 Å². The molecule has 0 saturated heterocycles. The highest BCUT2D eigenvalue weighted by molar-refractivity contribution is 14.1. The summed E-state index contributed by atoms with van der Waals surface area (Å²) in [6.45, 7) is 4.72. The van der Waals surface area contributed by atoms with Crippen molar-refractivity contribution in [3.63, 3.8) is 0 Å². The Bertz CT molecular complexity index is 654. The second-order valence-electron chi connectivity index (χ2n) is 5.03. The average molecular weight is 392 g/mol. The van der Waals surface area contributed by atoms with Gasteiger partial charge in [0.2, 0.25) is 0 Å². The maximum Gasteiger partial charge on any atom is 0.258 e. The van der Waals surface area contributed by atoms with Crippen molar-refractivity contribution in [1.82, 2.24) is 0 Å². The monoisotopic (exact) mass is 392 g/mol. The maximum atomic E-state index is 12.8. The zero-order chi connectivity index (χ0) is 14.8. The number of likely N-dealkylation sites (N-methyl/N-ethyl adjacent to an activating group) is 1. The van der Waals surface area contributed by atoms with E-state index in [1.165, 1.54) is 0 Å². The summed E-state index contributed by atoms with van der Waals surface area (Å²) in [7, 11) is 0. The molecule has 3 rings (SSSR count). The van der Waals surface area contributed by atoms with Crippen LogP contribution in [0, 0.1) is 3.57 Å². The van der Waals surface area contributed by atoms with E-state index in [9.17, 15) is 4.79 Å². The molecular weight excluding hydrogens is 375 g/mol. The van der Waals surface area contributed by atoms with Gasteiger partial charge < -0.3 is 9.80 Å². The maximum absolute atomic E-state index is 12.8. The molecule has 0 saturated carbocycles. The zero-order valence-electron chi connectivity index (χ0n) is 11.9. The molecule has 0 aliphatic carbocycles. The van der Waals surface area contributed by atoms with Crippen molar-refractivity contribution >= 4 is 39.9 Å². The van der Waals surface area contributed by atoms with Crippen LogP contribution in [0.25, 0.3) is 0 Å². The third-order valence-electron chi connectivity index (χ3n) is 3.82. The van der Waals surface area contributed by atoms with Gasteiger partial charge in [-0.25, -0.2) is 0 Å². The van der Waals surface area contributed by atoms with Gasteiger partial charge in [-0.3, -0.25) is 4.79 Å². The first-order valence-electron chi connectivity index (χ1n) is 7.12. The standard InChI is InChI=1S/C17H17IN2O/c1-2-19-11-12-20(16-6-4-3-5-15(16)19)17(21)13-7-9-14(18)10-8-13/h3-10H,2,11-12H2,1H3. The summed E-state index contributed by atoms with van der Waals surface area (Å²) < 4.78 is 1.14. The van der Waals surface area contributed by atoms with Gasteiger partial charge in [0.25, 0.3) is 5.91 Å². The Hall–Kier alpha value is -1.56. The van der Waals surface area contributed by atoms with E-state index in [4.69, 9.17) is 0 Å². The molecule has 0 spiro atoms. The second-order valence-corrected chi connectivity index (χ2v) is 6.28. The van der Waals surface area contributed by atoms with Gasteiger partial charge in [-0.05, 0) is 65.9 Å². The van der Waals surface area contributed by atoms with Crippen LogP contribution in [0.1, 0.15) is 17.3 Å². The van der Waals surface area contributed by atoms with E-state index in [-0.39, 0.29) is 5.91 Å². The average Bonchev–Trinajstić information content (AvgIpc) is 2.54. The molecule has 1 aliphatic rings. The Morgan fingerprint density at radius 2 is 1.71 bits per heavy atom. The minimum atomic E-state index is 0.0783. The number of benzene rings is 2. The third-order valence-corrected chi connectivity index (χ3v) is 4.54. The Morgan fingerprint density at radius 3 is 2.38 bits per heavy atom. The SMILES string of the molecule is CCN1CCN(C(=O)c2ccc(I)cc2)c2ccccc21. The number of halogens is 1. The number of nitrogens with zero attached hydrogens (tertiary/aromatic N) is 2. The van der Waals surface area contributed by atoms with Gasteiger partial charge in [0.1, 0.15) is 0 Å². The summed E-state index contributed by atoms with van der Waals surface area (Å²) in [5.41, 5.74) is 2.90. The minimum Gasteiger partial charge on any atom is -0.368 e. The fourth-order valence-corrected chi connectivity index (χ4v) is 3.07. The molecule has 1 aliphatic heterocycles. The molecule has 2 aromatic rings. The molecule has 0 radical (unpaired) electrons. The summed E-state index contributed by atoms with van der Waals surface area (Å²) in [6.07, 6.45) is 0. The Balaban J connectivity index is 1.96. The van der Waals surface area contributed by atoms with Gasteiger partial charge in [0, 0.05) is 28.8 Å². The third kappa shape index (κ3) is 2.77. The lowest BCUT2D eigenvalue weighted by Gasteiger charge is -2.37. The molecule has 1 heterocycles. The molecule has 0 bridgehead atoms. The highest BCUT2D eigenvalue weighted by Crippen LogP contribution is 2.33. The molecule has 0 fully saturated rings. The van der Waals surface area contributed by atoms with Gasteiger partial charge in [-0.15, -0.1) is 0 Å². The highest BCUT2D eigenvalue weighted by atomic mass is 127. The first-order valence-corrected chi connectivity index (χ1v) is 8.20.